The highest BCUT2D eigenvalue weighted by Gasteiger charge is 2.34. The molecule has 0 fully saturated rings. The lowest BCUT2D eigenvalue weighted by molar-refractivity contribution is 0.116. The van der Waals surface area contributed by atoms with Gasteiger partial charge in [0, 0.05) is 30.3 Å². The Labute approximate surface area is 177 Å². The largest absolute Gasteiger partial charge is 0.496 e. The smallest absolute Gasteiger partial charge is 0.406 e. The molecule has 1 atom stereocenters. The minimum Gasteiger partial charge on any atom is -0.496 e. The second kappa shape index (κ2) is 7.59. The van der Waals surface area contributed by atoms with Crippen molar-refractivity contribution < 1.29 is 19.0 Å². The summed E-state index contributed by atoms with van der Waals surface area (Å²) in [6, 6.07) is 10.1. The molecule has 0 aliphatic carbocycles. The summed E-state index contributed by atoms with van der Waals surface area (Å²) in [5.41, 5.74) is 6.44. The van der Waals surface area contributed by atoms with Crippen LogP contribution in [0.4, 0.5) is 10.5 Å². The second-order valence-electron chi connectivity index (χ2n) is 8.24. The molecule has 2 aromatic rings. The summed E-state index contributed by atoms with van der Waals surface area (Å²) in [5.74, 6) is 1.55. The van der Waals surface area contributed by atoms with Crippen LogP contribution in [0.15, 0.2) is 36.4 Å². The fourth-order valence-electron chi connectivity index (χ4n) is 4.49. The zero-order valence-electron chi connectivity index (χ0n) is 18.1. The highest BCUT2D eigenvalue weighted by Crippen LogP contribution is 2.52. The van der Waals surface area contributed by atoms with Crippen molar-refractivity contribution in [3.05, 3.63) is 47.5 Å². The molecule has 0 aromatic heterocycles. The first-order valence-corrected chi connectivity index (χ1v) is 10.2. The van der Waals surface area contributed by atoms with Gasteiger partial charge in [-0.05, 0) is 50.1 Å². The lowest BCUT2D eigenvalue weighted by Crippen LogP contribution is -2.32. The lowest BCUT2D eigenvalue weighted by Gasteiger charge is -2.37. The quantitative estimate of drug-likeness (QED) is 0.732. The van der Waals surface area contributed by atoms with E-state index in [-0.39, 0.29) is 18.2 Å². The minimum absolute atomic E-state index is 0.131. The van der Waals surface area contributed by atoms with Gasteiger partial charge in [-0.1, -0.05) is 18.2 Å². The Hall–Kier alpha value is -3.15. The van der Waals surface area contributed by atoms with Crippen LogP contribution in [-0.2, 0) is 4.74 Å². The van der Waals surface area contributed by atoms with Crippen molar-refractivity contribution in [2.75, 3.05) is 26.1 Å². The highest BCUT2D eigenvalue weighted by atomic mass is 16.6. The molecule has 1 unspecified atom stereocenters. The molecule has 4 rings (SSSR count). The predicted molar refractivity (Wildman–Crippen MR) is 118 cm³/mol. The zero-order chi connectivity index (χ0) is 21.5. The van der Waals surface area contributed by atoms with Gasteiger partial charge in [-0.2, -0.15) is 0 Å². The SMILES string of the molecule is CNC(=O)OCCC1Oc2cccc(OC)c2-c2ccc3c(c21)C(C)=CC(C)(C)N3. The molecule has 2 heterocycles. The fourth-order valence-corrected chi connectivity index (χ4v) is 4.49. The summed E-state index contributed by atoms with van der Waals surface area (Å²) in [4.78, 5) is 11.5. The number of fused-ring (bicyclic) bond motifs is 5. The molecule has 158 valence electrons. The van der Waals surface area contributed by atoms with Gasteiger partial charge in [0.05, 0.1) is 24.8 Å². The summed E-state index contributed by atoms with van der Waals surface area (Å²) in [7, 11) is 3.22. The van der Waals surface area contributed by atoms with E-state index in [0.29, 0.717) is 6.42 Å². The Bertz CT molecular complexity index is 1030. The number of amides is 1. The molecule has 2 N–H and O–H groups in total. The van der Waals surface area contributed by atoms with E-state index < -0.39 is 6.09 Å². The maximum Gasteiger partial charge on any atom is 0.406 e. The van der Waals surface area contributed by atoms with E-state index in [9.17, 15) is 4.79 Å². The number of allylic oxidation sites excluding steroid dienone is 1. The summed E-state index contributed by atoms with van der Waals surface area (Å²) in [5, 5.41) is 6.10. The number of alkyl carbamates (subject to hydrolysis) is 1. The Morgan fingerprint density at radius 3 is 2.77 bits per heavy atom. The van der Waals surface area contributed by atoms with Crippen molar-refractivity contribution in [2.45, 2.75) is 38.8 Å². The van der Waals surface area contributed by atoms with Crippen LogP contribution in [0.1, 0.15) is 44.4 Å². The van der Waals surface area contributed by atoms with Gasteiger partial charge in [-0.3, -0.25) is 0 Å². The van der Waals surface area contributed by atoms with E-state index in [4.69, 9.17) is 14.2 Å². The number of carbonyl (C=O) groups is 1. The maximum atomic E-state index is 11.5. The predicted octanol–water partition coefficient (Wildman–Crippen LogP) is 5.15. The van der Waals surface area contributed by atoms with Crippen LogP contribution in [0, 0.1) is 0 Å². The molecule has 6 nitrogen and oxygen atoms in total. The number of hydrogen-bond donors (Lipinski definition) is 2. The van der Waals surface area contributed by atoms with Gasteiger partial charge in [-0.25, -0.2) is 4.79 Å². The molecule has 30 heavy (non-hydrogen) atoms. The van der Waals surface area contributed by atoms with E-state index in [0.717, 1.165) is 39.4 Å². The molecule has 2 aromatic carbocycles. The van der Waals surface area contributed by atoms with Crippen molar-refractivity contribution in [2.24, 2.45) is 0 Å². The van der Waals surface area contributed by atoms with E-state index in [2.05, 4.69) is 49.6 Å². The second-order valence-corrected chi connectivity index (χ2v) is 8.24. The summed E-state index contributed by atoms with van der Waals surface area (Å²) in [6.45, 7) is 6.71. The lowest BCUT2D eigenvalue weighted by atomic mass is 9.81. The molecule has 2 aliphatic heterocycles. The first-order valence-electron chi connectivity index (χ1n) is 10.2. The number of carbonyl (C=O) groups excluding carboxylic acids is 1. The third-order valence-corrected chi connectivity index (χ3v) is 5.56. The monoisotopic (exact) mass is 408 g/mol. The summed E-state index contributed by atoms with van der Waals surface area (Å²) < 4.78 is 17.3. The van der Waals surface area contributed by atoms with E-state index in [1.165, 1.54) is 5.57 Å². The molecule has 2 aliphatic rings. The Kier molecular flexibility index (Phi) is 5.10. The molecule has 1 amide bonds. The van der Waals surface area contributed by atoms with E-state index >= 15 is 0 Å². The molecule has 0 radical (unpaired) electrons. The zero-order valence-corrected chi connectivity index (χ0v) is 18.1. The molecule has 0 saturated carbocycles. The first kappa shape index (κ1) is 20.1. The molecule has 6 heteroatoms. The van der Waals surface area contributed by atoms with Crippen LogP contribution >= 0.6 is 0 Å². The number of ether oxygens (including phenoxy) is 3. The average molecular weight is 408 g/mol. The van der Waals surface area contributed by atoms with Gasteiger partial charge in [0.15, 0.2) is 0 Å². The Balaban J connectivity index is 1.85. The Morgan fingerprint density at radius 2 is 2.03 bits per heavy atom. The van der Waals surface area contributed by atoms with Crippen molar-refractivity contribution in [1.29, 1.82) is 0 Å². The Morgan fingerprint density at radius 1 is 1.23 bits per heavy atom. The van der Waals surface area contributed by atoms with Crippen molar-refractivity contribution in [1.82, 2.24) is 5.32 Å². The number of nitrogens with one attached hydrogen (secondary N) is 2. The van der Waals surface area contributed by atoms with Crippen LogP contribution < -0.4 is 20.1 Å². The molecule has 0 spiro atoms. The van der Waals surface area contributed by atoms with E-state index in [1.807, 2.05) is 18.2 Å². The van der Waals surface area contributed by atoms with Gasteiger partial charge in [0.25, 0.3) is 0 Å². The third-order valence-electron chi connectivity index (χ3n) is 5.56. The van der Waals surface area contributed by atoms with Crippen LogP contribution in [-0.4, -0.2) is 32.4 Å². The molecular weight excluding hydrogens is 380 g/mol. The van der Waals surface area contributed by atoms with Crippen LogP contribution in [0.3, 0.4) is 0 Å². The van der Waals surface area contributed by atoms with Gasteiger partial charge in [0.1, 0.15) is 17.6 Å². The van der Waals surface area contributed by atoms with Crippen LogP contribution in [0.5, 0.6) is 11.5 Å². The molecule has 0 bridgehead atoms. The van der Waals surface area contributed by atoms with Gasteiger partial charge in [0.2, 0.25) is 0 Å². The average Bonchev–Trinajstić information content (AvgIpc) is 2.71. The van der Waals surface area contributed by atoms with Gasteiger partial charge >= 0.3 is 6.09 Å². The molecular formula is C24H28N2O4. The number of hydrogen-bond acceptors (Lipinski definition) is 5. The fraction of sp³-hybridized carbons (Fsp3) is 0.375. The first-order chi connectivity index (χ1) is 14.3. The number of rotatable bonds is 4. The van der Waals surface area contributed by atoms with E-state index in [1.54, 1.807) is 14.2 Å². The number of benzene rings is 2. The van der Waals surface area contributed by atoms with Gasteiger partial charge < -0.3 is 24.8 Å². The summed E-state index contributed by atoms with van der Waals surface area (Å²) >= 11 is 0. The topological polar surface area (TPSA) is 68.8 Å². The van der Waals surface area contributed by atoms with Crippen LogP contribution in [0.2, 0.25) is 0 Å². The molecule has 0 saturated heterocycles. The standard InChI is InChI=1S/C24H28N2O4/c1-14-13-24(2,3)26-16-10-9-15-21-17(28-5)7-6-8-18(21)30-19(22(15)20(14)16)11-12-29-23(27)25-4/h6-10,13,19,26H,11-12H2,1-5H3,(H,25,27). The number of anilines is 1. The highest BCUT2D eigenvalue weighted by molar-refractivity contribution is 5.91. The van der Waals surface area contributed by atoms with Gasteiger partial charge in [-0.15, -0.1) is 0 Å². The number of methoxy groups -OCH3 is 1. The maximum absolute atomic E-state index is 11.5. The van der Waals surface area contributed by atoms with Crippen LogP contribution in [0.25, 0.3) is 16.7 Å². The normalized spacial score (nSPS) is 17.9. The van der Waals surface area contributed by atoms with Crippen molar-refractivity contribution in [3.8, 4) is 22.6 Å². The van der Waals surface area contributed by atoms with Crippen molar-refractivity contribution >= 4 is 17.4 Å². The van der Waals surface area contributed by atoms with Crippen molar-refractivity contribution in [3.63, 3.8) is 0 Å². The third kappa shape index (κ3) is 3.47. The summed E-state index contributed by atoms with van der Waals surface area (Å²) in [6.07, 6.45) is 2.10. The minimum atomic E-state index is -0.442.